The number of halogens is 1. The van der Waals surface area contributed by atoms with Crippen molar-refractivity contribution in [3.63, 3.8) is 0 Å². The van der Waals surface area contributed by atoms with Gasteiger partial charge in [0.05, 0.1) is 7.11 Å². The number of para-hydroxylation sites is 1. The topological polar surface area (TPSA) is 123 Å². The summed E-state index contributed by atoms with van der Waals surface area (Å²) in [6.07, 6.45) is 4.33. The first-order valence-corrected chi connectivity index (χ1v) is 10.5. The fourth-order valence-electron chi connectivity index (χ4n) is 3.29. The van der Waals surface area contributed by atoms with E-state index in [1.165, 1.54) is 19.3 Å². The van der Waals surface area contributed by atoms with Crippen LogP contribution in [0.2, 0.25) is 0 Å². The first-order chi connectivity index (χ1) is 15.6. The lowest BCUT2D eigenvalue weighted by Crippen LogP contribution is -2.59. The Kier molecular flexibility index (Phi) is 7.19. The Morgan fingerprint density at radius 3 is 2.39 bits per heavy atom. The molecule has 2 aromatic carbocycles. The predicted molar refractivity (Wildman–Crippen MR) is 130 cm³/mol. The number of primary amides is 1. The summed E-state index contributed by atoms with van der Waals surface area (Å²) in [5, 5.41) is 16.0. The fourth-order valence-corrected chi connectivity index (χ4v) is 3.90. The number of urea groups is 1. The van der Waals surface area contributed by atoms with Crippen LogP contribution >= 0.6 is 23.8 Å². The van der Waals surface area contributed by atoms with E-state index in [9.17, 15) is 14.7 Å². The average Bonchev–Trinajstić information content (AvgIpc) is 2.81. The number of anilines is 1. The van der Waals surface area contributed by atoms with E-state index in [-0.39, 0.29) is 10.9 Å². The smallest absolute Gasteiger partial charge is 0.317 e. The average molecular weight is 488 g/mol. The Hall–Kier alpha value is -3.24. The van der Waals surface area contributed by atoms with Crippen molar-refractivity contribution in [3.05, 3.63) is 77.9 Å². The van der Waals surface area contributed by atoms with Crippen LogP contribution in [0.1, 0.15) is 15.9 Å². The minimum absolute atomic E-state index is 0.248. The summed E-state index contributed by atoms with van der Waals surface area (Å²) in [5.41, 5.74) is 7.22. The molecule has 1 aliphatic rings. The van der Waals surface area contributed by atoms with Gasteiger partial charge in [-0.25, -0.2) is 4.79 Å². The molecule has 2 atom stereocenters. The zero-order valence-electron chi connectivity index (χ0n) is 17.8. The molecule has 5 N–H and O–H groups in total. The highest BCUT2D eigenvalue weighted by molar-refractivity contribution is 7.80. The van der Waals surface area contributed by atoms with Gasteiger partial charge in [-0.05, 0) is 48.1 Å². The lowest BCUT2D eigenvalue weighted by atomic mass is 9.86. The van der Waals surface area contributed by atoms with Gasteiger partial charge in [0.2, 0.25) is 5.79 Å². The van der Waals surface area contributed by atoms with Crippen LogP contribution in [0, 0.1) is 0 Å². The molecule has 0 saturated carbocycles. The largest absolute Gasteiger partial charge is 0.497 e. The number of allylic oxidation sites excluding steroid dienone is 2. The Labute approximate surface area is 201 Å². The SMILES string of the molecule is COc1ccc(C(=O)Nc2ccccc2C2=CC(Cl)(C(=S)NC(N)=O)C(O)(OC)C=C2)cc1. The number of aliphatic hydroxyl groups is 1. The van der Waals surface area contributed by atoms with Crippen LogP contribution in [-0.4, -0.2) is 46.9 Å². The van der Waals surface area contributed by atoms with Gasteiger partial charge in [-0.2, -0.15) is 0 Å². The third-order valence-electron chi connectivity index (χ3n) is 5.08. The van der Waals surface area contributed by atoms with E-state index < -0.39 is 16.7 Å². The quantitative estimate of drug-likeness (QED) is 0.282. The molecule has 1 aliphatic carbocycles. The minimum atomic E-state index is -2.06. The molecular weight excluding hydrogens is 466 g/mol. The van der Waals surface area contributed by atoms with Crippen LogP contribution in [-0.2, 0) is 4.74 Å². The number of thiocarbonyl (C=S) groups is 1. The van der Waals surface area contributed by atoms with Crippen LogP contribution in [0.25, 0.3) is 5.57 Å². The molecular formula is C23H22ClN3O5S. The Balaban J connectivity index is 1.98. The van der Waals surface area contributed by atoms with Crippen molar-refractivity contribution in [3.8, 4) is 5.75 Å². The van der Waals surface area contributed by atoms with Crippen LogP contribution in [0.4, 0.5) is 10.5 Å². The van der Waals surface area contributed by atoms with Crippen LogP contribution in [0.3, 0.4) is 0 Å². The summed E-state index contributed by atoms with van der Waals surface area (Å²) in [5.74, 6) is -1.75. The third-order valence-corrected chi connectivity index (χ3v) is 6.19. The summed E-state index contributed by atoms with van der Waals surface area (Å²) in [4.78, 5) is 22.0. The van der Waals surface area contributed by atoms with Gasteiger partial charge in [0.1, 0.15) is 10.7 Å². The molecule has 172 valence electrons. The fraction of sp³-hybridized carbons (Fsp3) is 0.174. The highest BCUT2D eigenvalue weighted by Gasteiger charge is 2.52. The van der Waals surface area contributed by atoms with E-state index in [1.807, 2.05) is 0 Å². The van der Waals surface area contributed by atoms with Crippen molar-refractivity contribution in [1.29, 1.82) is 0 Å². The maximum atomic E-state index is 12.8. The van der Waals surface area contributed by atoms with Gasteiger partial charge >= 0.3 is 6.03 Å². The zero-order chi connectivity index (χ0) is 24.2. The van der Waals surface area contributed by atoms with Crippen LogP contribution in [0.15, 0.2) is 66.8 Å². The first kappa shape index (κ1) is 24.4. The van der Waals surface area contributed by atoms with Gasteiger partial charge in [0.25, 0.3) is 5.91 Å². The summed E-state index contributed by atoms with van der Waals surface area (Å²) < 4.78 is 10.3. The van der Waals surface area contributed by atoms with Crippen molar-refractivity contribution >= 4 is 52.0 Å². The number of methoxy groups -OCH3 is 2. The van der Waals surface area contributed by atoms with Crippen LogP contribution < -0.4 is 21.1 Å². The minimum Gasteiger partial charge on any atom is -0.497 e. The second-order valence-corrected chi connectivity index (χ2v) is 8.10. The number of nitrogens with two attached hydrogens (primary N) is 1. The molecule has 8 nitrogen and oxygen atoms in total. The normalized spacial score (nSPS) is 21.6. The number of ether oxygens (including phenoxy) is 2. The standard InChI is InChI=1S/C23H22ClN3O5S/c1-31-16-9-7-14(8-10-16)19(28)26-18-6-4-3-5-17(18)15-11-12-23(30,32-2)22(24,13-15)20(33)27-21(25)29/h3-13,30H,1-2H3,(H,26,28)(H3,25,27,29,33). The molecule has 3 rings (SSSR count). The number of alkyl halides is 1. The Morgan fingerprint density at radius 1 is 1.12 bits per heavy atom. The third kappa shape index (κ3) is 4.91. The molecule has 0 spiro atoms. The molecule has 33 heavy (non-hydrogen) atoms. The lowest BCUT2D eigenvalue weighted by Gasteiger charge is -2.40. The summed E-state index contributed by atoms with van der Waals surface area (Å²) in [6.45, 7) is 0. The van der Waals surface area contributed by atoms with Gasteiger partial charge in [0, 0.05) is 23.9 Å². The second-order valence-electron chi connectivity index (χ2n) is 7.09. The Morgan fingerprint density at radius 2 is 1.79 bits per heavy atom. The van der Waals surface area contributed by atoms with Gasteiger partial charge in [0.15, 0.2) is 4.87 Å². The molecule has 0 bridgehead atoms. The molecule has 2 unspecified atom stereocenters. The van der Waals surface area contributed by atoms with Crippen molar-refractivity contribution in [2.75, 3.05) is 19.5 Å². The molecule has 0 heterocycles. The van der Waals surface area contributed by atoms with Crippen molar-refractivity contribution in [2.45, 2.75) is 10.7 Å². The number of carbonyl (C=O) groups is 2. The summed E-state index contributed by atoms with van der Waals surface area (Å²) in [7, 11) is 2.79. The lowest BCUT2D eigenvalue weighted by molar-refractivity contribution is -0.151. The number of benzene rings is 2. The van der Waals surface area contributed by atoms with E-state index in [0.717, 1.165) is 0 Å². The predicted octanol–water partition coefficient (Wildman–Crippen LogP) is 3.21. The van der Waals surface area contributed by atoms with Gasteiger partial charge < -0.3 is 30.9 Å². The summed E-state index contributed by atoms with van der Waals surface area (Å²) in [6, 6.07) is 12.8. The molecule has 3 amide bonds. The monoisotopic (exact) mass is 487 g/mol. The van der Waals surface area contributed by atoms with Gasteiger partial charge in [-0.3, -0.25) is 4.79 Å². The summed E-state index contributed by atoms with van der Waals surface area (Å²) >= 11 is 11.9. The van der Waals surface area contributed by atoms with E-state index in [2.05, 4.69) is 10.6 Å². The first-order valence-electron chi connectivity index (χ1n) is 9.68. The molecule has 0 fully saturated rings. The number of nitrogens with one attached hydrogen (secondary N) is 2. The number of amides is 3. The molecule has 0 radical (unpaired) electrons. The number of rotatable bonds is 6. The Bertz CT molecular complexity index is 1150. The van der Waals surface area contributed by atoms with Crippen molar-refractivity contribution < 1.29 is 24.2 Å². The van der Waals surface area contributed by atoms with Gasteiger partial charge in [-0.15, -0.1) is 11.6 Å². The van der Waals surface area contributed by atoms with Crippen molar-refractivity contribution in [1.82, 2.24) is 5.32 Å². The maximum absolute atomic E-state index is 12.8. The van der Waals surface area contributed by atoms with E-state index in [1.54, 1.807) is 61.7 Å². The molecule has 0 aliphatic heterocycles. The molecule has 10 heteroatoms. The van der Waals surface area contributed by atoms with Gasteiger partial charge in [-0.1, -0.05) is 36.5 Å². The molecule has 0 aromatic heterocycles. The van der Waals surface area contributed by atoms with Crippen LogP contribution in [0.5, 0.6) is 5.75 Å². The van der Waals surface area contributed by atoms with E-state index in [4.69, 9.17) is 39.0 Å². The maximum Gasteiger partial charge on any atom is 0.317 e. The highest BCUT2D eigenvalue weighted by atomic mass is 35.5. The van der Waals surface area contributed by atoms with Crippen molar-refractivity contribution in [2.24, 2.45) is 5.73 Å². The molecule has 0 saturated heterocycles. The van der Waals surface area contributed by atoms with E-state index in [0.29, 0.717) is 28.1 Å². The highest BCUT2D eigenvalue weighted by Crippen LogP contribution is 2.42. The number of hydrogen-bond acceptors (Lipinski definition) is 6. The zero-order valence-corrected chi connectivity index (χ0v) is 19.4. The number of hydrogen-bond donors (Lipinski definition) is 4. The van der Waals surface area contributed by atoms with E-state index >= 15 is 0 Å². The second kappa shape index (κ2) is 9.72. The molecule has 2 aromatic rings. The number of carbonyl (C=O) groups excluding carboxylic acids is 2.